The van der Waals surface area contributed by atoms with Crippen molar-refractivity contribution >= 4 is 46.1 Å². The molecule has 2 aromatic carbocycles. The third-order valence-electron chi connectivity index (χ3n) is 4.27. The number of anilines is 1. The molecule has 6 nitrogen and oxygen atoms in total. The molecule has 3 N–H and O–H groups in total. The van der Waals surface area contributed by atoms with Crippen LogP contribution in [0.15, 0.2) is 65.1 Å². The number of aliphatic hydroxyl groups is 1. The first kappa shape index (κ1) is 23.6. The molecule has 3 aromatic rings. The molecule has 0 aliphatic heterocycles. The summed E-state index contributed by atoms with van der Waals surface area (Å²) in [6.07, 6.45) is 2.08. The van der Waals surface area contributed by atoms with Gasteiger partial charge in [-0.15, -0.1) is 11.3 Å². The maximum absolute atomic E-state index is 13.2. The average Bonchev–Trinajstić information content (AvgIpc) is 3.25. The highest BCUT2D eigenvalue weighted by Crippen LogP contribution is 2.24. The Bertz CT molecular complexity index is 1100. The Morgan fingerprint density at radius 2 is 1.97 bits per heavy atom. The molecule has 0 atom stereocenters. The number of hydrogen-bond donors (Lipinski definition) is 3. The Labute approximate surface area is 193 Å². The van der Waals surface area contributed by atoms with E-state index in [4.69, 9.17) is 5.11 Å². The van der Waals surface area contributed by atoms with Gasteiger partial charge in [0, 0.05) is 17.9 Å². The van der Waals surface area contributed by atoms with Gasteiger partial charge in [-0.05, 0) is 59.0 Å². The van der Waals surface area contributed by atoms with Crippen molar-refractivity contribution in [2.45, 2.75) is 12.2 Å². The van der Waals surface area contributed by atoms with E-state index in [0.29, 0.717) is 16.1 Å². The summed E-state index contributed by atoms with van der Waals surface area (Å²) in [4.78, 5) is 25.2. The van der Waals surface area contributed by atoms with Gasteiger partial charge in [0.15, 0.2) is 0 Å². The number of nitrogens with zero attached hydrogens (tertiary/aromatic N) is 1. The SMILES string of the molecule is O=C(Nc1sccc1C(=O)NN=Cc1cccc(F)c1)c1cccc(CSCCCO)c1. The Morgan fingerprint density at radius 3 is 2.78 bits per heavy atom. The van der Waals surface area contributed by atoms with Gasteiger partial charge in [0.25, 0.3) is 11.8 Å². The predicted molar refractivity (Wildman–Crippen MR) is 128 cm³/mol. The van der Waals surface area contributed by atoms with Crippen molar-refractivity contribution in [1.29, 1.82) is 0 Å². The molecule has 0 aliphatic carbocycles. The molecule has 0 radical (unpaired) electrons. The lowest BCUT2D eigenvalue weighted by molar-refractivity contribution is 0.0956. The fraction of sp³-hybridized carbons (Fsp3) is 0.174. The molecule has 32 heavy (non-hydrogen) atoms. The predicted octanol–water partition coefficient (Wildman–Crippen LogP) is 4.52. The first-order valence-corrected chi connectivity index (χ1v) is 11.9. The Balaban J connectivity index is 1.60. The summed E-state index contributed by atoms with van der Waals surface area (Å²) < 4.78 is 13.2. The van der Waals surface area contributed by atoms with Gasteiger partial charge in [-0.25, -0.2) is 9.82 Å². The third-order valence-corrected chi connectivity index (χ3v) is 6.21. The molecule has 0 unspecified atom stereocenters. The summed E-state index contributed by atoms with van der Waals surface area (Å²) in [6.45, 7) is 0.169. The summed E-state index contributed by atoms with van der Waals surface area (Å²) in [5.41, 5.74) is 4.70. The largest absolute Gasteiger partial charge is 0.396 e. The van der Waals surface area contributed by atoms with E-state index in [-0.39, 0.29) is 18.1 Å². The summed E-state index contributed by atoms with van der Waals surface area (Å²) in [6, 6.07) is 14.7. The fourth-order valence-corrected chi connectivity index (χ4v) is 4.40. The van der Waals surface area contributed by atoms with Crippen LogP contribution in [0.25, 0.3) is 0 Å². The van der Waals surface area contributed by atoms with Gasteiger partial charge < -0.3 is 10.4 Å². The van der Waals surface area contributed by atoms with Crippen LogP contribution in [0.5, 0.6) is 0 Å². The average molecular weight is 472 g/mol. The van der Waals surface area contributed by atoms with Crippen LogP contribution in [-0.4, -0.2) is 35.5 Å². The number of carbonyl (C=O) groups is 2. The number of rotatable bonds is 10. The van der Waals surface area contributed by atoms with Crippen LogP contribution >= 0.6 is 23.1 Å². The van der Waals surface area contributed by atoms with Gasteiger partial charge in [0.1, 0.15) is 10.8 Å². The van der Waals surface area contributed by atoms with Crippen LogP contribution < -0.4 is 10.7 Å². The zero-order valence-corrected chi connectivity index (χ0v) is 18.7. The topological polar surface area (TPSA) is 90.8 Å². The Kier molecular flexibility index (Phi) is 8.97. The quantitative estimate of drug-likeness (QED) is 0.230. The molecule has 3 rings (SSSR count). The van der Waals surface area contributed by atoms with Crippen molar-refractivity contribution in [2.24, 2.45) is 5.10 Å². The summed E-state index contributed by atoms with van der Waals surface area (Å²) in [5, 5.41) is 17.6. The molecule has 0 fully saturated rings. The first-order chi connectivity index (χ1) is 15.6. The van der Waals surface area contributed by atoms with E-state index in [9.17, 15) is 14.0 Å². The van der Waals surface area contributed by atoms with Crippen LogP contribution in [0.2, 0.25) is 0 Å². The fourth-order valence-electron chi connectivity index (χ4n) is 2.73. The Hall–Kier alpha value is -3.01. The van der Waals surface area contributed by atoms with Crippen LogP contribution in [-0.2, 0) is 5.75 Å². The highest BCUT2D eigenvalue weighted by molar-refractivity contribution is 7.98. The molecule has 0 spiro atoms. The lowest BCUT2D eigenvalue weighted by atomic mass is 10.1. The number of aliphatic hydroxyl groups excluding tert-OH is 1. The van der Waals surface area contributed by atoms with Crippen LogP contribution in [0.4, 0.5) is 9.39 Å². The zero-order chi connectivity index (χ0) is 22.8. The van der Waals surface area contributed by atoms with Crippen LogP contribution in [0, 0.1) is 5.82 Å². The van der Waals surface area contributed by atoms with E-state index >= 15 is 0 Å². The monoisotopic (exact) mass is 471 g/mol. The van der Waals surface area contributed by atoms with Gasteiger partial charge in [0.2, 0.25) is 0 Å². The molecule has 2 amide bonds. The van der Waals surface area contributed by atoms with Crippen molar-refractivity contribution in [3.05, 3.63) is 88.0 Å². The number of hydrazone groups is 1. The van der Waals surface area contributed by atoms with Crippen molar-refractivity contribution in [1.82, 2.24) is 5.43 Å². The summed E-state index contributed by atoms with van der Waals surface area (Å²) in [7, 11) is 0. The molecule has 9 heteroatoms. The zero-order valence-electron chi connectivity index (χ0n) is 17.1. The molecule has 1 heterocycles. The van der Waals surface area contributed by atoms with Gasteiger partial charge in [-0.1, -0.05) is 24.3 Å². The number of halogens is 1. The van der Waals surface area contributed by atoms with Gasteiger partial charge in [-0.3, -0.25) is 9.59 Å². The van der Waals surface area contributed by atoms with E-state index in [1.165, 1.54) is 29.7 Å². The minimum absolute atomic E-state index is 0.169. The van der Waals surface area contributed by atoms with Crippen molar-refractivity contribution < 1.29 is 19.1 Å². The summed E-state index contributed by atoms with van der Waals surface area (Å²) in [5.74, 6) is 0.408. The molecular weight excluding hydrogens is 449 g/mol. The number of hydrogen-bond acceptors (Lipinski definition) is 6. The molecule has 166 valence electrons. The van der Waals surface area contributed by atoms with Crippen LogP contribution in [0.1, 0.15) is 38.3 Å². The van der Waals surface area contributed by atoms with Crippen molar-refractivity contribution in [3.8, 4) is 0 Å². The molecule has 1 aromatic heterocycles. The van der Waals surface area contributed by atoms with E-state index < -0.39 is 11.7 Å². The molecule has 0 saturated heterocycles. The number of carbonyl (C=O) groups excluding carboxylic acids is 2. The minimum atomic E-state index is -0.483. The van der Waals surface area contributed by atoms with Gasteiger partial charge in [-0.2, -0.15) is 16.9 Å². The van der Waals surface area contributed by atoms with E-state index in [0.717, 1.165) is 23.5 Å². The van der Waals surface area contributed by atoms with Crippen LogP contribution in [0.3, 0.4) is 0 Å². The van der Waals surface area contributed by atoms with Gasteiger partial charge >= 0.3 is 0 Å². The molecular formula is C23H22FN3O3S2. The number of benzene rings is 2. The molecule has 0 bridgehead atoms. The second-order valence-corrected chi connectivity index (χ2v) is 8.72. The maximum atomic E-state index is 13.2. The number of amides is 2. The normalized spacial score (nSPS) is 10.9. The smallest absolute Gasteiger partial charge is 0.274 e. The first-order valence-electron chi connectivity index (χ1n) is 9.82. The van der Waals surface area contributed by atoms with E-state index in [1.54, 1.807) is 41.4 Å². The number of thioether (sulfide) groups is 1. The maximum Gasteiger partial charge on any atom is 0.274 e. The highest BCUT2D eigenvalue weighted by atomic mass is 32.2. The second kappa shape index (κ2) is 12.1. The number of thiophene rings is 1. The van der Waals surface area contributed by atoms with E-state index in [1.807, 2.05) is 18.2 Å². The number of nitrogens with one attached hydrogen (secondary N) is 2. The van der Waals surface area contributed by atoms with Crippen molar-refractivity contribution in [2.75, 3.05) is 17.7 Å². The Morgan fingerprint density at radius 1 is 1.12 bits per heavy atom. The van der Waals surface area contributed by atoms with Gasteiger partial charge in [0.05, 0.1) is 11.8 Å². The van der Waals surface area contributed by atoms with E-state index in [2.05, 4.69) is 15.8 Å². The molecule has 0 aliphatic rings. The minimum Gasteiger partial charge on any atom is -0.396 e. The summed E-state index contributed by atoms with van der Waals surface area (Å²) >= 11 is 2.93. The van der Waals surface area contributed by atoms with Crippen molar-refractivity contribution in [3.63, 3.8) is 0 Å². The lowest BCUT2D eigenvalue weighted by Gasteiger charge is -2.07. The molecule has 0 saturated carbocycles. The highest BCUT2D eigenvalue weighted by Gasteiger charge is 2.16. The third kappa shape index (κ3) is 7.01. The lowest BCUT2D eigenvalue weighted by Crippen LogP contribution is -2.20. The second-order valence-electron chi connectivity index (χ2n) is 6.70. The standard InChI is InChI=1S/C23H22FN3O3S2/c24-19-7-2-4-16(13-19)14-25-27-22(30)20-8-11-32-23(20)26-21(29)18-6-1-5-17(12-18)15-31-10-3-9-28/h1-2,4-8,11-14,28H,3,9-10,15H2,(H,26,29)(H,27,30).